The van der Waals surface area contributed by atoms with Crippen molar-refractivity contribution in [3.8, 4) is 0 Å². The first-order valence-corrected chi connectivity index (χ1v) is 7.85. The van der Waals surface area contributed by atoms with Crippen molar-refractivity contribution >= 4 is 11.9 Å². The van der Waals surface area contributed by atoms with Gasteiger partial charge in [0.05, 0.1) is 6.61 Å². The zero-order valence-corrected chi connectivity index (χ0v) is 14.0. The van der Waals surface area contributed by atoms with Gasteiger partial charge in [-0.3, -0.25) is 9.59 Å². The van der Waals surface area contributed by atoms with Crippen molar-refractivity contribution < 1.29 is 39.1 Å². The molecule has 0 aliphatic carbocycles. The SMILES string of the molecule is CC(=O)OC[C@H]1O[C@H](c2cccc(CO)c2)[C@@H](O)[C@@H](O)[C@@H]1OC(C)=O. The quantitative estimate of drug-likeness (QED) is 0.623. The lowest BCUT2D eigenvalue weighted by Crippen LogP contribution is -2.57. The van der Waals surface area contributed by atoms with E-state index in [2.05, 4.69) is 0 Å². The Balaban J connectivity index is 2.27. The predicted octanol–water partition coefficient (Wildman–Crippen LogP) is -0.165. The van der Waals surface area contributed by atoms with E-state index in [4.69, 9.17) is 14.2 Å². The zero-order valence-electron chi connectivity index (χ0n) is 14.0. The van der Waals surface area contributed by atoms with Gasteiger partial charge in [0.25, 0.3) is 0 Å². The van der Waals surface area contributed by atoms with E-state index in [0.29, 0.717) is 11.1 Å². The first kappa shape index (κ1) is 19.3. The molecule has 0 bridgehead atoms. The fourth-order valence-corrected chi connectivity index (χ4v) is 2.75. The molecule has 0 unspecified atom stereocenters. The molecule has 1 saturated heterocycles. The van der Waals surface area contributed by atoms with Crippen LogP contribution in [0.4, 0.5) is 0 Å². The Hall–Kier alpha value is -2.00. The summed E-state index contributed by atoms with van der Waals surface area (Å²) in [4.78, 5) is 22.3. The first-order valence-electron chi connectivity index (χ1n) is 7.85. The molecule has 8 heteroatoms. The van der Waals surface area contributed by atoms with E-state index in [1.165, 1.54) is 13.8 Å². The molecular formula is C17H22O8. The third kappa shape index (κ3) is 4.76. The van der Waals surface area contributed by atoms with Gasteiger partial charge in [-0.15, -0.1) is 0 Å². The van der Waals surface area contributed by atoms with Crippen LogP contribution in [0.2, 0.25) is 0 Å². The number of ether oxygens (including phenoxy) is 3. The second-order valence-electron chi connectivity index (χ2n) is 5.86. The highest BCUT2D eigenvalue weighted by Crippen LogP contribution is 2.34. The number of hydrogen-bond donors (Lipinski definition) is 3. The Labute approximate surface area is 144 Å². The highest BCUT2D eigenvalue weighted by atomic mass is 16.6. The van der Waals surface area contributed by atoms with Gasteiger partial charge in [-0.2, -0.15) is 0 Å². The fourth-order valence-electron chi connectivity index (χ4n) is 2.75. The molecule has 1 aromatic carbocycles. The summed E-state index contributed by atoms with van der Waals surface area (Å²) < 4.78 is 15.7. The summed E-state index contributed by atoms with van der Waals surface area (Å²) in [5, 5.41) is 30.0. The molecule has 0 saturated carbocycles. The molecule has 0 radical (unpaired) electrons. The highest BCUT2D eigenvalue weighted by molar-refractivity contribution is 5.66. The summed E-state index contributed by atoms with van der Waals surface area (Å²) in [6.45, 7) is 1.95. The Morgan fingerprint density at radius 1 is 1.16 bits per heavy atom. The number of aliphatic hydroxyl groups excluding tert-OH is 3. The van der Waals surface area contributed by atoms with Gasteiger partial charge in [0.15, 0.2) is 6.10 Å². The van der Waals surface area contributed by atoms with Gasteiger partial charge in [-0.05, 0) is 11.1 Å². The summed E-state index contributed by atoms with van der Waals surface area (Å²) in [7, 11) is 0. The molecular weight excluding hydrogens is 332 g/mol. The van der Waals surface area contributed by atoms with Gasteiger partial charge in [0.2, 0.25) is 0 Å². The largest absolute Gasteiger partial charge is 0.463 e. The maximum absolute atomic E-state index is 11.3. The molecule has 1 aliphatic rings. The van der Waals surface area contributed by atoms with Crippen LogP contribution in [0.25, 0.3) is 0 Å². The van der Waals surface area contributed by atoms with E-state index in [9.17, 15) is 24.9 Å². The second kappa shape index (κ2) is 8.39. The van der Waals surface area contributed by atoms with E-state index in [0.717, 1.165) is 0 Å². The summed E-state index contributed by atoms with van der Waals surface area (Å²) in [5.41, 5.74) is 1.15. The van der Waals surface area contributed by atoms with Crippen molar-refractivity contribution in [1.29, 1.82) is 0 Å². The lowest BCUT2D eigenvalue weighted by molar-refractivity contribution is -0.242. The normalized spacial score (nSPS) is 29.1. The summed E-state index contributed by atoms with van der Waals surface area (Å²) in [6.07, 6.45) is -5.86. The van der Waals surface area contributed by atoms with Crippen LogP contribution in [-0.2, 0) is 30.4 Å². The van der Waals surface area contributed by atoms with Crippen molar-refractivity contribution in [3.63, 3.8) is 0 Å². The molecule has 5 atom stereocenters. The van der Waals surface area contributed by atoms with Crippen LogP contribution in [0.5, 0.6) is 0 Å². The third-order valence-electron chi connectivity index (χ3n) is 3.90. The lowest BCUT2D eigenvalue weighted by atomic mass is 9.90. The maximum Gasteiger partial charge on any atom is 0.303 e. The molecule has 8 nitrogen and oxygen atoms in total. The van der Waals surface area contributed by atoms with Gasteiger partial charge in [0, 0.05) is 13.8 Å². The minimum atomic E-state index is -1.43. The van der Waals surface area contributed by atoms with E-state index < -0.39 is 42.5 Å². The average Bonchev–Trinajstić information content (AvgIpc) is 2.58. The van der Waals surface area contributed by atoms with Gasteiger partial charge in [-0.1, -0.05) is 24.3 Å². The predicted molar refractivity (Wildman–Crippen MR) is 84.2 cm³/mol. The monoisotopic (exact) mass is 354 g/mol. The summed E-state index contributed by atoms with van der Waals surface area (Å²) >= 11 is 0. The van der Waals surface area contributed by atoms with Crippen molar-refractivity contribution in [2.75, 3.05) is 6.61 Å². The van der Waals surface area contributed by atoms with Crippen LogP contribution < -0.4 is 0 Å². The fraction of sp³-hybridized carbons (Fsp3) is 0.529. The highest BCUT2D eigenvalue weighted by Gasteiger charge is 2.47. The lowest BCUT2D eigenvalue weighted by Gasteiger charge is -2.42. The number of esters is 2. The molecule has 3 N–H and O–H groups in total. The topological polar surface area (TPSA) is 123 Å². The van der Waals surface area contributed by atoms with Crippen LogP contribution >= 0.6 is 0 Å². The smallest absolute Gasteiger partial charge is 0.303 e. The minimum Gasteiger partial charge on any atom is -0.463 e. The molecule has 0 aromatic heterocycles. The number of aliphatic hydroxyl groups is 3. The Morgan fingerprint density at radius 3 is 2.48 bits per heavy atom. The molecule has 0 spiro atoms. The number of carbonyl (C=O) groups excluding carboxylic acids is 2. The Bertz CT molecular complexity index is 616. The van der Waals surface area contributed by atoms with Gasteiger partial charge >= 0.3 is 11.9 Å². The summed E-state index contributed by atoms with van der Waals surface area (Å²) in [5.74, 6) is -1.21. The summed E-state index contributed by atoms with van der Waals surface area (Å²) in [6, 6.07) is 6.69. The maximum atomic E-state index is 11.3. The average molecular weight is 354 g/mol. The first-order chi connectivity index (χ1) is 11.8. The van der Waals surface area contributed by atoms with Crippen molar-refractivity contribution in [3.05, 3.63) is 35.4 Å². The molecule has 1 fully saturated rings. The standard InChI is InChI=1S/C17H22O8/c1-9(19)23-8-13-17(24-10(2)20)15(22)14(21)16(25-13)12-5-3-4-11(6-12)7-18/h3-6,13-18,21-22H,7-8H2,1-2H3/t13-,14+,15-,16-,17-/m1/s1. The van der Waals surface area contributed by atoms with Crippen LogP contribution in [0.3, 0.4) is 0 Å². The number of benzene rings is 1. The van der Waals surface area contributed by atoms with Gasteiger partial charge in [-0.25, -0.2) is 0 Å². The molecule has 25 heavy (non-hydrogen) atoms. The van der Waals surface area contributed by atoms with Crippen molar-refractivity contribution in [2.24, 2.45) is 0 Å². The van der Waals surface area contributed by atoms with Crippen LogP contribution in [0.15, 0.2) is 24.3 Å². The number of carbonyl (C=O) groups is 2. The van der Waals surface area contributed by atoms with Crippen LogP contribution in [0, 0.1) is 0 Å². The van der Waals surface area contributed by atoms with Crippen LogP contribution in [-0.4, -0.2) is 58.3 Å². The van der Waals surface area contributed by atoms with Crippen molar-refractivity contribution in [2.45, 2.75) is 51.0 Å². The van der Waals surface area contributed by atoms with E-state index >= 15 is 0 Å². The number of hydrogen-bond acceptors (Lipinski definition) is 8. The van der Waals surface area contributed by atoms with Crippen LogP contribution in [0.1, 0.15) is 31.1 Å². The second-order valence-corrected chi connectivity index (χ2v) is 5.86. The molecule has 1 aliphatic heterocycles. The van der Waals surface area contributed by atoms with E-state index in [1.807, 2.05) is 0 Å². The Morgan fingerprint density at radius 2 is 1.88 bits per heavy atom. The molecule has 1 heterocycles. The van der Waals surface area contributed by atoms with E-state index in [1.54, 1.807) is 24.3 Å². The zero-order chi connectivity index (χ0) is 18.6. The molecule has 0 amide bonds. The van der Waals surface area contributed by atoms with Gasteiger partial charge in [0.1, 0.15) is 31.0 Å². The molecule has 1 aromatic rings. The third-order valence-corrected chi connectivity index (χ3v) is 3.90. The molecule has 138 valence electrons. The minimum absolute atomic E-state index is 0.188. The molecule has 2 rings (SSSR count). The van der Waals surface area contributed by atoms with Gasteiger partial charge < -0.3 is 29.5 Å². The van der Waals surface area contributed by atoms with Crippen molar-refractivity contribution in [1.82, 2.24) is 0 Å². The van der Waals surface area contributed by atoms with E-state index in [-0.39, 0.29) is 13.2 Å². The Kier molecular flexibility index (Phi) is 6.49. The number of rotatable bonds is 5.